The maximum atomic E-state index is 11.3. The lowest BCUT2D eigenvalue weighted by Gasteiger charge is -2.30. The maximum Gasteiger partial charge on any atom is 0.374 e. The third kappa shape index (κ3) is 6.44. The minimum atomic E-state index is -4.32. The van der Waals surface area contributed by atoms with E-state index in [0.717, 1.165) is 59.1 Å². The van der Waals surface area contributed by atoms with E-state index in [0.29, 0.717) is 23.8 Å². The van der Waals surface area contributed by atoms with Crippen molar-refractivity contribution >= 4 is 33.0 Å². The fourth-order valence-corrected chi connectivity index (χ4v) is 6.08. The van der Waals surface area contributed by atoms with E-state index in [2.05, 4.69) is 37.8 Å². The third-order valence-corrected chi connectivity index (χ3v) is 8.11. The summed E-state index contributed by atoms with van der Waals surface area (Å²) in [5, 5.41) is 0. The number of hydrogen-bond donors (Lipinski definition) is 0. The second-order valence-electron chi connectivity index (χ2n) is 11.2. The standard InChI is InChI=1S/C31H36N2O7S/c1-6-32-25-17-23(37-4)8-10-27(25)39-29(32)15-21-14-22(20-31(2,3)19-21)16-30-33(12-7-13-41(34,35)36)26-18-24(38-5)9-11-28(26)40-30/h8-11,14-18H,6-7,12-13,19-20H2,1-5H3. The fraction of sp³-hybridized carbons (Fsp3) is 0.387. The van der Waals surface area contributed by atoms with E-state index in [1.54, 1.807) is 14.2 Å². The normalized spacial score (nSPS) is 18.5. The molecule has 1 aromatic heterocycles. The summed E-state index contributed by atoms with van der Waals surface area (Å²) >= 11 is 0. The minimum absolute atomic E-state index is 0.0185. The van der Waals surface area contributed by atoms with Crippen molar-refractivity contribution in [1.29, 1.82) is 0 Å². The molecule has 0 amide bonds. The average Bonchev–Trinajstić information content (AvgIpc) is 3.42. The van der Waals surface area contributed by atoms with Gasteiger partial charge in [-0.25, -0.2) is 8.42 Å². The molecule has 218 valence electrons. The molecule has 0 unspecified atom stereocenters. The van der Waals surface area contributed by atoms with Gasteiger partial charge < -0.3 is 28.1 Å². The molecule has 0 fully saturated rings. The van der Waals surface area contributed by atoms with Crippen LogP contribution in [0.1, 0.15) is 45.9 Å². The van der Waals surface area contributed by atoms with E-state index >= 15 is 0 Å². The van der Waals surface area contributed by atoms with Crippen molar-refractivity contribution in [3.63, 3.8) is 0 Å². The van der Waals surface area contributed by atoms with Gasteiger partial charge in [0.2, 0.25) is 11.5 Å². The summed E-state index contributed by atoms with van der Waals surface area (Å²) in [4.78, 5) is 2.13. The zero-order chi connectivity index (χ0) is 29.4. The Morgan fingerprint density at radius 2 is 1.80 bits per heavy atom. The molecule has 0 bridgehead atoms. The molecule has 5 rings (SSSR count). The molecule has 0 spiro atoms. The smallest absolute Gasteiger partial charge is 0.374 e. The summed E-state index contributed by atoms with van der Waals surface area (Å²) in [6.45, 7) is 7.60. The van der Waals surface area contributed by atoms with E-state index < -0.39 is 15.9 Å². The first kappa shape index (κ1) is 28.8. The van der Waals surface area contributed by atoms with Crippen LogP contribution in [0, 0.1) is 5.41 Å². The van der Waals surface area contributed by atoms with Crippen molar-refractivity contribution in [1.82, 2.24) is 0 Å². The first-order valence-corrected chi connectivity index (χ1v) is 15.3. The number of hydrogen-bond acceptors (Lipinski definition) is 8. The highest BCUT2D eigenvalue weighted by Gasteiger charge is 2.30. The summed E-state index contributed by atoms with van der Waals surface area (Å²) in [7, 11) is -1.08. The van der Waals surface area contributed by atoms with Gasteiger partial charge in [0, 0.05) is 30.9 Å². The molecule has 9 nitrogen and oxygen atoms in total. The molecule has 41 heavy (non-hydrogen) atoms. The predicted molar refractivity (Wildman–Crippen MR) is 156 cm³/mol. The number of oxazole rings is 1. The van der Waals surface area contributed by atoms with Crippen LogP contribution in [0.15, 0.2) is 70.0 Å². The Balaban J connectivity index is 1.52. The molecule has 2 aliphatic rings. The largest absolute Gasteiger partial charge is 0.748 e. The number of aromatic nitrogens is 1. The number of ether oxygens (including phenoxy) is 3. The topological polar surface area (TPSA) is 105 Å². The molecule has 0 N–H and O–H groups in total. The molecule has 2 heterocycles. The van der Waals surface area contributed by atoms with E-state index in [-0.39, 0.29) is 11.8 Å². The number of benzene rings is 2. The Morgan fingerprint density at radius 1 is 1.07 bits per heavy atom. The summed E-state index contributed by atoms with van der Waals surface area (Å²) in [5.74, 6) is 3.14. The first-order valence-electron chi connectivity index (χ1n) is 13.7. The van der Waals surface area contributed by atoms with Gasteiger partial charge in [-0.3, -0.25) is 0 Å². The molecule has 0 saturated heterocycles. The highest BCUT2D eigenvalue weighted by atomic mass is 32.2. The lowest BCUT2D eigenvalue weighted by molar-refractivity contribution is -0.677. The average molecular weight is 581 g/mol. The predicted octanol–water partition coefficient (Wildman–Crippen LogP) is 5.56. The number of methoxy groups -OCH3 is 2. The maximum absolute atomic E-state index is 11.3. The molecule has 1 aliphatic heterocycles. The number of rotatable bonds is 9. The molecular weight excluding hydrogens is 544 g/mol. The van der Waals surface area contributed by atoms with Crippen LogP contribution >= 0.6 is 0 Å². The zero-order valence-corrected chi connectivity index (χ0v) is 24.9. The summed E-state index contributed by atoms with van der Waals surface area (Å²) in [6.07, 6.45) is 8.13. The van der Waals surface area contributed by atoms with Crippen molar-refractivity contribution in [3.8, 4) is 17.2 Å². The first-order chi connectivity index (χ1) is 19.5. The van der Waals surface area contributed by atoms with Gasteiger partial charge in [0.25, 0.3) is 5.52 Å². The van der Waals surface area contributed by atoms with E-state index in [4.69, 9.17) is 18.6 Å². The monoisotopic (exact) mass is 580 g/mol. The number of fused-ring (bicyclic) bond motifs is 2. The second-order valence-corrected chi connectivity index (χ2v) is 12.7. The lowest BCUT2D eigenvalue weighted by atomic mass is 9.75. The number of anilines is 1. The van der Waals surface area contributed by atoms with Gasteiger partial charge in [-0.1, -0.05) is 19.9 Å². The molecule has 0 saturated carbocycles. The summed E-state index contributed by atoms with van der Waals surface area (Å²) in [6, 6.07) is 11.3. The van der Waals surface area contributed by atoms with E-state index in [1.807, 2.05) is 47.0 Å². The highest BCUT2D eigenvalue weighted by molar-refractivity contribution is 7.85. The minimum Gasteiger partial charge on any atom is -0.748 e. The van der Waals surface area contributed by atoms with Crippen LogP contribution in [0.5, 0.6) is 17.2 Å². The van der Waals surface area contributed by atoms with E-state index in [9.17, 15) is 13.0 Å². The molecule has 0 atom stereocenters. The third-order valence-electron chi connectivity index (χ3n) is 7.32. The van der Waals surface area contributed by atoms with Crippen LogP contribution in [0.3, 0.4) is 0 Å². The Morgan fingerprint density at radius 3 is 2.51 bits per heavy atom. The van der Waals surface area contributed by atoms with Crippen molar-refractivity contribution in [2.75, 3.05) is 31.4 Å². The second kappa shape index (κ2) is 11.3. The number of aryl methyl sites for hydroxylation is 1. The SMILES string of the molecule is CCN1C(=CC2=CC(=Cc3oc4ccc(OC)cc4[n+]3CCCS(=O)(=O)[O-])CC(C)(C)C2)Oc2ccc(OC)cc21. The van der Waals surface area contributed by atoms with Gasteiger partial charge in [0.05, 0.1) is 42.2 Å². The van der Waals surface area contributed by atoms with Crippen LogP contribution in [0.2, 0.25) is 0 Å². The van der Waals surface area contributed by atoms with Crippen LogP contribution in [0.25, 0.3) is 17.2 Å². The Hall–Kier alpha value is -3.76. The van der Waals surface area contributed by atoms with Gasteiger partial charge in [-0.2, -0.15) is 4.57 Å². The molecule has 0 radical (unpaired) electrons. The van der Waals surface area contributed by atoms with Gasteiger partial charge in [-0.05, 0) is 60.6 Å². The van der Waals surface area contributed by atoms with E-state index in [1.165, 1.54) is 0 Å². The number of nitrogens with zero attached hydrogens (tertiary/aromatic N) is 2. The summed E-state index contributed by atoms with van der Waals surface area (Å²) < 4.78 is 59.0. The lowest BCUT2D eigenvalue weighted by Crippen LogP contribution is -2.36. The van der Waals surface area contributed by atoms with Crippen LogP contribution in [-0.4, -0.2) is 39.5 Å². The van der Waals surface area contributed by atoms with Gasteiger partial charge in [0.1, 0.15) is 11.5 Å². The quantitative estimate of drug-likeness (QED) is 0.239. The Labute approximate surface area is 241 Å². The van der Waals surface area contributed by atoms with Crippen LogP contribution in [-0.2, 0) is 16.7 Å². The Kier molecular flexibility index (Phi) is 7.89. The molecule has 3 aromatic rings. The van der Waals surface area contributed by atoms with Crippen molar-refractivity contribution in [2.45, 2.75) is 46.6 Å². The molecule has 10 heteroatoms. The van der Waals surface area contributed by atoms with Crippen LogP contribution in [0.4, 0.5) is 5.69 Å². The van der Waals surface area contributed by atoms with Crippen LogP contribution < -0.4 is 23.7 Å². The van der Waals surface area contributed by atoms with Gasteiger partial charge >= 0.3 is 5.89 Å². The Bertz CT molecular complexity index is 1660. The summed E-state index contributed by atoms with van der Waals surface area (Å²) in [5.41, 5.74) is 4.58. The number of allylic oxidation sites excluding steroid dienone is 4. The molecule has 2 aromatic carbocycles. The molecule has 1 aliphatic carbocycles. The zero-order valence-electron chi connectivity index (χ0n) is 24.1. The molecular formula is C31H36N2O7S. The highest BCUT2D eigenvalue weighted by Crippen LogP contribution is 2.44. The van der Waals surface area contributed by atoms with Gasteiger partial charge in [0.15, 0.2) is 12.3 Å². The van der Waals surface area contributed by atoms with Gasteiger partial charge in [-0.15, -0.1) is 0 Å². The van der Waals surface area contributed by atoms with Crippen molar-refractivity contribution < 1.29 is 36.2 Å². The fourth-order valence-electron chi connectivity index (χ4n) is 5.60. The van der Waals surface area contributed by atoms with Crippen molar-refractivity contribution in [3.05, 3.63) is 71.5 Å². The van der Waals surface area contributed by atoms with Crippen molar-refractivity contribution in [2.24, 2.45) is 5.41 Å².